The third-order valence-corrected chi connectivity index (χ3v) is 4.25. The van der Waals surface area contributed by atoms with Crippen molar-refractivity contribution in [1.82, 2.24) is 10.2 Å². The molecular weight excluding hydrogens is 224 g/mol. The molecule has 1 unspecified atom stereocenters. The van der Waals surface area contributed by atoms with E-state index in [0.29, 0.717) is 13.2 Å². The van der Waals surface area contributed by atoms with Crippen LogP contribution in [-0.4, -0.2) is 60.2 Å². The summed E-state index contributed by atoms with van der Waals surface area (Å²) in [5.41, 5.74) is 0. The number of rotatable bonds is 1. The van der Waals surface area contributed by atoms with Gasteiger partial charge in [0.2, 0.25) is 5.91 Å². The Labute approximate surface area is 101 Å². The van der Waals surface area contributed by atoms with Crippen molar-refractivity contribution in [3.63, 3.8) is 0 Å². The van der Waals surface area contributed by atoms with Gasteiger partial charge in [0, 0.05) is 30.1 Å². The Morgan fingerprint density at radius 1 is 1.56 bits per heavy atom. The van der Waals surface area contributed by atoms with Crippen molar-refractivity contribution in [3.8, 4) is 0 Å². The lowest BCUT2D eigenvalue weighted by Gasteiger charge is -2.39. The standard InChI is InChI=1S/C11H20N2O2S/c1-11(2)8-13(4-6-16-11)10(14)9-7-15-5-3-12-9/h9,12H,3-8H2,1-2H3. The van der Waals surface area contributed by atoms with Crippen molar-refractivity contribution in [2.24, 2.45) is 0 Å². The quantitative estimate of drug-likeness (QED) is 0.722. The molecule has 16 heavy (non-hydrogen) atoms. The van der Waals surface area contributed by atoms with Gasteiger partial charge in [-0.1, -0.05) is 0 Å². The molecule has 0 saturated carbocycles. The second kappa shape index (κ2) is 4.94. The molecule has 0 aromatic carbocycles. The highest BCUT2D eigenvalue weighted by atomic mass is 32.2. The van der Waals surface area contributed by atoms with Gasteiger partial charge >= 0.3 is 0 Å². The van der Waals surface area contributed by atoms with Crippen LogP contribution in [0, 0.1) is 0 Å². The van der Waals surface area contributed by atoms with E-state index in [0.717, 1.165) is 25.4 Å². The second-order valence-corrected chi connectivity index (χ2v) is 6.75. The van der Waals surface area contributed by atoms with E-state index in [1.165, 1.54) is 0 Å². The summed E-state index contributed by atoms with van der Waals surface area (Å²) in [6.07, 6.45) is 0. The first kappa shape index (κ1) is 12.2. The molecule has 4 nitrogen and oxygen atoms in total. The van der Waals surface area contributed by atoms with Gasteiger partial charge in [-0.15, -0.1) is 0 Å². The first-order chi connectivity index (χ1) is 7.58. The second-order valence-electron chi connectivity index (χ2n) is 4.95. The van der Waals surface area contributed by atoms with Crippen LogP contribution in [0.25, 0.3) is 0 Å². The van der Waals surface area contributed by atoms with E-state index < -0.39 is 0 Å². The topological polar surface area (TPSA) is 41.6 Å². The molecule has 1 N–H and O–H groups in total. The molecule has 5 heteroatoms. The number of hydrogen-bond donors (Lipinski definition) is 1. The number of ether oxygens (including phenoxy) is 1. The largest absolute Gasteiger partial charge is 0.378 e. The average Bonchev–Trinajstić information content (AvgIpc) is 2.28. The summed E-state index contributed by atoms with van der Waals surface area (Å²) < 4.78 is 5.51. The predicted octanol–water partition coefficient (Wildman–Crippen LogP) is 0.329. The lowest BCUT2D eigenvalue weighted by Crippen LogP contribution is -2.56. The van der Waals surface area contributed by atoms with E-state index in [9.17, 15) is 4.79 Å². The molecule has 1 amide bonds. The fraction of sp³-hybridized carbons (Fsp3) is 0.909. The summed E-state index contributed by atoms with van der Waals surface area (Å²) in [4.78, 5) is 14.2. The third kappa shape index (κ3) is 2.90. The van der Waals surface area contributed by atoms with E-state index in [4.69, 9.17) is 4.74 Å². The van der Waals surface area contributed by atoms with Crippen molar-refractivity contribution >= 4 is 17.7 Å². The molecule has 0 radical (unpaired) electrons. The zero-order valence-electron chi connectivity index (χ0n) is 9.99. The van der Waals surface area contributed by atoms with Gasteiger partial charge in [0.1, 0.15) is 6.04 Å². The predicted molar refractivity (Wildman–Crippen MR) is 65.7 cm³/mol. The maximum absolute atomic E-state index is 12.2. The lowest BCUT2D eigenvalue weighted by molar-refractivity contribution is -0.136. The van der Waals surface area contributed by atoms with Crippen LogP contribution in [0.5, 0.6) is 0 Å². The Morgan fingerprint density at radius 3 is 3.00 bits per heavy atom. The molecule has 2 saturated heterocycles. The van der Waals surface area contributed by atoms with Gasteiger partial charge < -0.3 is 15.0 Å². The maximum atomic E-state index is 12.2. The summed E-state index contributed by atoms with van der Waals surface area (Å²) >= 11 is 1.94. The van der Waals surface area contributed by atoms with E-state index in [-0.39, 0.29) is 16.7 Å². The molecule has 0 aliphatic carbocycles. The smallest absolute Gasteiger partial charge is 0.242 e. The van der Waals surface area contributed by atoms with Crippen molar-refractivity contribution in [1.29, 1.82) is 0 Å². The number of carbonyl (C=O) groups is 1. The van der Waals surface area contributed by atoms with Gasteiger partial charge in [0.25, 0.3) is 0 Å². The van der Waals surface area contributed by atoms with E-state index >= 15 is 0 Å². The van der Waals surface area contributed by atoms with Gasteiger partial charge in [-0.05, 0) is 13.8 Å². The van der Waals surface area contributed by atoms with E-state index in [1.807, 2.05) is 16.7 Å². The van der Waals surface area contributed by atoms with Crippen molar-refractivity contribution in [2.75, 3.05) is 38.6 Å². The number of amides is 1. The first-order valence-electron chi connectivity index (χ1n) is 5.82. The molecule has 0 aromatic heterocycles. The zero-order valence-corrected chi connectivity index (χ0v) is 10.8. The van der Waals surface area contributed by atoms with Gasteiger partial charge in [-0.3, -0.25) is 4.79 Å². The minimum absolute atomic E-state index is 0.132. The van der Waals surface area contributed by atoms with Gasteiger partial charge in [0.15, 0.2) is 0 Å². The molecule has 92 valence electrons. The zero-order chi connectivity index (χ0) is 11.6. The third-order valence-electron chi connectivity index (χ3n) is 2.96. The molecule has 0 aromatic rings. The van der Waals surface area contributed by atoms with Gasteiger partial charge in [0.05, 0.1) is 13.2 Å². The molecule has 0 bridgehead atoms. The highest BCUT2D eigenvalue weighted by Gasteiger charge is 2.33. The maximum Gasteiger partial charge on any atom is 0.242 e. The highest BCUT2D eigenvalue weighted by molar-refractivity contribution is 8.00. The lowest BCUT2D eigenvalue weighted by atomic mass is 10.1. The average molecular weight is 244 g/mol. The number of nitrogens with zero attached hydrogens (tertiary/aromatic N) is 1. The van der Waals surface area contributed by atoms with Crippen LogP contribution in [0.4, 0.5) is 0 Å². The highest BCUT2D eigenvalue weighted by Crippen LogP contribution is 2.29. The van der Waals surface area contributed by atoms with Crippen LogP contribution in [0.2, 0.25) is 0 Å². The number of morpholine rings is 1. The molecular formula is C11H20N2O2S. The fourth-order valence-corrected chi connectivity index (χ4v) is 3.26. The van der Waals surface area contributed by atoms with E-state index in [2.05, 4.69) is 19.2 Å². The van der Waals surface area contributed by atoms with Crippen LogP contribution >= 0.6 is 11.8 Å². The van der Waals surface area contributed by atoms with Crippen molar-refractivity contribution < 1.29 is 9.53 Å². The van der Waals surface area contributed by atoms with Crippen molar-refractivity contribution in [2.45, 2.75) is 24.6 Å². The Morgan fingerprint density at radius 2 is 2.38 bits per heavy atom. The van der Waals surface area contributed by atoms with Crippen LogP contribution in [0.3, 0.4) is 0 Å². The molecule has 2 aliphatic heterocycles. The van der Waals surface area contributed by atoms with Crippen LogP contribution in [-0.2, 0) is 9.53 Å². The summed E-state index contributed by atoms with van der Waals surface area (Å²) in [6.45, 7) is 8.11. The summed E-state index contributed by atoms with van der Waals surface area (Å²) in [5.74, 6) is 1.24. The van der Waals surface area contributed by atoms with Crippen LogP contribution in [0.1, 0.15) is 13.8 Å². The Bertz CT molecular complexity index is 265. The fourth-order valence-electron chi connectivity index (χ4n) is 2.15. The Balaban J connectivity index is 1.93. The minimum atomic E-state index is -0.132. The van der Waals surface area contributed by atoms with Crippen LogP contribution in [0.15, 0.2) is 0 Å². The number of hydrogen-bond acceptors (Lipinski definition) is 4. The van der Waals surface area contributed by atoms with Gasteiger partial charge in [-0.25, -0.2) is 0 Å². The number of nitrogens with one attached hydrogen (secondary N) is 1. The van der Waals surface area contributed by atoms with Gasteiger partial charge in [-0.2, -0.15) is 11.8 Å². The molecule has 2 fully saturated rings. The number of thioether (sulfide) groups is 1. The molecule has 2 heterocycles. The molecule has 1 atom stereocenters. The first-order valence-corrected chi connectivity index (χ1v) is 6.81. The number of carbonyl (C=O) groups excluding carboxylic acids is 1. The molecule has 2 aliphatic rings. The Hall–Kier alpha value is -0.260. The minimum Gasteiger partial charge on any atom is -0.378 e. The summed E-state index contributed by atoms with van der Waals surface area (Å²) in [5, 5.41) is 3.22. The monoisotopic (exact) mass is 244 g/mol. The SMILES string of the molecule is CC1(C)CN(C(=O)C2COCCN2)CCS1. The molecule has 0 spiro atoms. The van der Waals surface area contributed by atoms with Crippen LogP contribution < -0.4 is 5.32 Å². The van der Waals surface area contributed by atoms with E-state index in [1.54, 1.807) is 0 Å². The summed E-state index contributed by atoms with van der Waals surface area (Å²) in [7, 11) is 0. The normalized spacial score (nSPS) is 30.1. The Kier molecular flexibility index (Phi) is 3.77. The van der Waals surface area contributed by atoms with Crippen molar-refractivity contribution in [3.05, 3.63) is 0 Å². The summed E-state index contributed by atoms with van der Waals surface area (Å²) in [6, 6.07) is -0.132. The molecule has 2 rings (SSSR count).